The molecule has 308 valence electrons. The number of aryl methyl sites for hydroxylation is 2. The van der Waals surface area contributed by atoms with Crippen molar-refractivity contribution in [2.24, 2.45) is 0 Å². The maximum absolute atomic E-state index is 14.0. The van der Waals surface area contributed by atoms with Crippen molar-refractivity contribution in [3.63, 3.8) is 0 Å². The number of halogens is 2. The van der Waals surface area contributed by atoms with Crippen molar-refractivity contribution in [2.75, 3.05) is 22.1 Å². The fourth-order valence-electron chi connectivity index (χ4n) is 7.32. The van der Waals surface area contributed by atoms with Gasteiger partial charge in [0.25, 0.3) is 22.5 Å². The molecule has 6 heterocycles. The summed E-state index contributed by atoms with van der Waals surface area (Å²) in [6, 6.07) is 25.9. The van der Waals surface area contributed by atoms with Gasteiger partial charge in [-0.25, -0.2) is 38.4 Å². The highest BCUT2D eigenvalue weighted by atomic mass is 19.1. The van der Waals surface area contributed by atoms with Gasteiger partial charge in [-0.2, -0.15) is 0 Å². The average Bonchev–Trinajstić information content (AvgIpc) is 3.24. The zero-order valence-electron chi connectivity index (χ0n) is 33.9. The largest absolute Gasteiger partial charge is 0.392 e. The van der Waals surface area contributed by atoms with Gasteiger partial charge in [0.15, 0.2) is 0 Å². The van der Waals surface area contributed by atoms with Crippen LogP contribution in [0, 0.1) is 38.6 Å². The Bertz CT molecular complexity index is 3030. The number of nitrogens with zero attached hydrogens (tertiary/aromatic N) is 8. The Kier molecular flexibility index (Phi) is 11.7. The summed E-state index contributed by atoms with van der Waals surface area (Å²) in [6.07, 6.45) is 2.54. The first-order valence-electron chi connectivity index (χ1n) is 19.1. The number of aromatic nitrogens is 6. The molecule has 8 rings (SSSR count). The number of benzene rings is 2. The minimum atomic E-state index is -0.439. The number of hydrogen-bond donors (Lipinski definition) is 4. The lowest BCUT2D eigenvalue weighted by molar-refractivity contribution is 0.628. The monoisotopic (exact) mass is 828 g/mol. The van der Waals surface area contributed by atoms with Gasteiger partial charge in [0.1, 0.15) is 47.6 Å². The number of nitrogens with one attached hydrogen (secondary N) is 2. The SMILES string of the molecule is [C-]#[N+]c1c(N)ncnc1N[C@@H](C)c1cc2cccc(C)n2c(=O)c1-c1cccc(F)c1.[C-]#[N+]c1c(N)ncnc1N[C@H](C)c1cc2cccc(C)n2c(=O)c1-c1cccc(F)c1. The molecule has 8 aromatic rings. The van der Waals surface area contributed by atoms with E-state index in [1.165, 1.54) is 36.9 Å². The summed E-state index contributed by atoms with van der Waals surface area (Å²) in [5.74, 6) is -0.192. The highest BCUT2D eigenvalue weighted by molar-refractivity contribution is 5.79. The maximum Gasteiger partial charge on any atom is 0.268 e. The van der Waals surface area contributed by atoms with Gasteiger partial charge in [0, 0.05) is 34.5 Å². The van der Waals surface area contributed by atoms with Crippen LogP contribution in [-0.2, 0) is 0 Å². The molecule has 62 heavy (non-hydrogen) atoms. The van der Waals surface area contributed by atoms with Crippen molar-refractivity contribution < 1.29 is 8.78 Å². The van der Waals surface area contributed by atoms with Crippen molar-refractivity contribution in [3.05, 3.63) is 187 Å². The fraction of sp³-hybridized carbons (Fsp3) is 0.130. The van der Waals surface area contributed by atoms with Crippen LogP contribution in [0.15, 0.2) is 119 Å². The lowest BCUT2D eigenvalue weighted by Crippen LogP contribution is -2.22. The van der Waals surface area contributed by atoms with Crippen molar-refractivity contribution in [3.8, 4) is 22.3 Å². The molecule has 0 aliphatic heterocycles. The molecule has 0 unspecified atom stereocenters. The van der Waals surface area contributed by atoms with Crippen molar-refractivity contribution in [2.45, 2.75) is 39.8 Å². The van der Waals surface area contributed by atoms with E-state index in [4.69, 9.17) is 24.6 Å². The Balaban J connectivity index is 0.000000186. The third kappa shape index (κ3) is 8.08. The summed E-state index contributed by atoms with van der Waals surface area (Å²) in [7, 11) is 0. The van der Waals surface area contributed by atoms with Crippen LogP contribution in [0.5, 0.6) is 0 Å². The first-order chi connectivity index (χ1) is 29.8. The third-order valence-corrected chi connectivity index (χ3v) is 10.2. The number of fused-ring (bicyclic) bond motifs is 2. The highest BCUT2D eigenvalue weighted by Crippen LogP contribution is 2.35. The van der Waals surface area contributed by atoms with Crippen molar-refractivity contribution in [1.82, 2.24) is 28.7 Å². The van der Waals surface area contributed by atoms with E-state index in [2.05, 4.69) is 40.3 Å². The lowest BCUT2D eigenvalue weighted by Gasteiger charge is -2.21. The van der Waals surface area contributed by atoms with Crippen LogP contribution in [0.2, 0.25) is 0 Å². The zero-order valence-corrected chi connectivity index (χ0v) is 33.9. The molecule has 16 heteroatoms. The average molecular weight is 829 g/mol. The Hall–Kier alpha value is -8.50. The second kappa shape index (κ2) is 17.4. The molecule has 0 saturated carbocycles. The van der Waals surface area contributed by atoms with E-state index in [0.717, 1.165) is 11.4 Å². The molecule has 6 N–H and O–H groups in total. The molecule has 0 fully saturated rings. The number of anilines is 4. The predicted octanol–water partition coefficient (Wildman–Crippen LogP) is 9.02. The Morgan fingerprint density at radius 1 is 0.597 bits per heavy atom. The molecule has 6 aromatic heterocycles. The summed E-state index contributed by atoms with van der Waals surface area (Å²) in [6.45, 7) is 22.1. The Labute approximate surface area is 353 Å². The molecule has 14 nitrogen and oxygen atoms in total. The molecular formula is C46H38F2N12O2. The number of nitrogens with two attached hydrogens (primary N) is 2. The van der Waals surface area contributed by atoms with Crippen LogP contribution in [0.4, 0.5) is 43.4 Å². The van der Waals surface area contributed by atoms with Gasteiger partial charge < -0.3 is 22.1 Å². The maximum atomic E-state index is 14.0. The Morgan fingerprint density at radius 2 is 0.984 bits per heavy atom. The van der Waals surface area contributed by atoms with Gasteiger partial charge in [0.05, 0.1) is 24.3 Å². The van der Waals surface area contributed by atoms with Crippen LogP contribution >= 0.6 is 0 Å². The van der Waals surface area contributed by atoms with E-state index < -0.39 is 23.7 Å². The smallest absolute Gasteiger partial charge is 0.268 e. The molecule has 0 radical (unpaired) electrons. The normalized spacial score (nSPS) is 11.8. The van der Waals surface area contributed by atoms with Crippen LogP contribution in [-0.4, -0.2) is 28.7 Å². The first kappa shape index (κ1) is 41.7. The van der Waals surface area contributed by atoms with Gasteiger partial charge in [-0.05, 0) is 111 Å². The summed E-state index contributed by atoms with van der Waals surface area (Å²) >= 11 is 0. The van der Waals surface area contributed by atoms with E-state index in [1.54, 1.807) is 33.1 Å². The van der Waals surface area contributed by atoms with E-state index in [0.29, 0.717) is 44.4 Å². The second-order valence-corrected chi connectivity index (χ2v) is 14.3. The summed E-state index contributed by atoms with van der Waals surface area (Å²) in [5, 5.41) is 6.33. The number of nitrogen functional groups attached to an aromatic ring is 2. The third-order valence-electron chi connectivity index (χ3n) is 10.2. The van der Waals surface area contributed by atoms with E-state index in [9.17, 15) is 18.4 Å². The summed E-state index contributed by atoms with van der Waals surface area (Å²) < 4.78 is 31.2. The topological polar surface area (TPSA) is 179 Å². The first-order valence-corrected chi connectivity index (χ1v) is 19.1. The van der Waals surface area contributed by atoms with Crippen LogP contribution < -0.4 is 33.2 Å². The molecule has 0 aliphatic rings. The molecular weight excluding hydrogens is 791 g/mol. The zero-order chi connectivity index (χ0) is 44.2. The molecule has 0 aliphatic carbocycles. The summed E-state index contributed by atoms with van der Waals surface area (Å²) in [4.78, 5) is 49.8. The highest BCUT2D eigenvalue weighted by Gasteiger charge is 2.23. The van der Waals surface area contributed by atoms with Gasteiger partial charge in [-0.15, -0.1) is 0 Å². The second-order valence-electron chi connectivity index (χ2n) is 14.3. The molecule has 2 aromatic carbocycles. The lowest BCUT2D eigenvalue weighted by atomic mass is 9.96. The molecule has 0 amide bonds. The standard InChI is InChI=1S/2C23H19FN6O/c2*1-13-6-4-9-17-11-18(14(2)29-22-20(26-3)21(25)27-12-28-22)19(23(31)30(13)17)15-7-5-8-16(24)10-15/h2*4-12,14H,1-2H3,(H3,25,27,28,29)/t2*14-/m10/s1. The van der Waals surface area contributed by atoms with Gasteiger partial charge in [-0.1, -0.05) is 36.4 Å². The summed E-state index contributed by atoms with van der Waals surface area (Å²) in [5.41, 5.74) is 17.2. The minimum absolute atomic E-state index is 0.0688. The number of pyridine rings is 4. The molecule has 2 atom stereocenters. The van der Waals surface area contributed by atoms with E-state index >= 15 is 0 Å². The molecule has 0 spiro atoms. The van der Waals surface area contributed by atoms with Gasteiger partial charge >= 0.3 is 0 Å². The van der Waals surface area contributed by atoms with Crippen LogP contribution in [0.25, 0.3) is 43.0 Å². The van der Waals surface area contributed by atoms with Crippen LogP contribution in [0.3, 0.4) is 0 Å². The van der Waals surface area contributed by atoms with E-state index in [1.807, 2.05) is 76.2 Å². The van der Waals surface area contributed by atoms with Gasteiger partial charge in [0.2, 0.25) is 0 Å². The molecule has 0 bridgehead atoms. The number of hydrogen-bond acceptors (Lipinski definition) is 10. The Morgan fingerprint density at radius 3 is 1.35 bits per heavy atom. The van der Waals surface area contributed by atoms with Crippen LogP contribution in [0.1, 0.15) is 48.4 Å². The minimum Gasteiger partial charge on any atom is -0.392 e. The molecule has 0 saturated heterocycles. The predicted molar refractivity (Wildman–Crippen MR) is 237 cm³/mol. The quantitative estimate of drug-likeness (QED) is 0.108. The fourth-order valence-corrected chi connectivity index (χ4v) is 7.32. The van der Waals surface area contributed by atoms with Crippen molar-refractivity contribution >= 4 is 45.7 Å². The van der Waals surface area contributed by atoms with Crippen molar-refractivity contribution in [1.29, 1.82) is 0 Å². The van der Waals surface area contributed by atoms with E-state index in [-0.39, 0.29) is 45.8 Å². The number of rotatable bonds is 8. The van der Waals surface area contributed by atoms with Gasteiger partial charge in [-0.3, -0.25) is 18.4 Å².